The van der Waals surface area contributed by atoms with Gasteiger partial charge in [-0.05, 0) is 292 Å². The molecule has 7 atom stereocenters. The number of alkyl halides is 3. The van der Waals surface area contributed by atoms with Crippen LogP contribution in [0.25, 0.3) is 0 Å². The molecule has 0 aliphatic carbocycles. The molecule has 6 fully saturated rings. The second-order valence-electron chi connectivity index (χ2n) is 60.9. The third-order valence-corrected chi connectivity index (χ3v) is 26.7. The third-order valence-electron chi connectivity index (χ3n) is 26.0. The minimum absolute atomic E-state index is 0.00438. The topological polar surface area (TPSA) is 279 Å². The number of thiazole rings is 1. The van der Waals surface area contributed by atoms with E-state index in [9.17, 15) is 56.9 Å². The maximum atomic E-state index is 13.0. The second kappa shape index (κ2) is 60.8. The number of carbonyl (C=O) groups is 6. The third kappa shape index (κ3) is 70.7. The molecule has 27 heteroatoms. The van der Waals surface area contributed by atoms with E-state index >= 15 is 0 Å². The zero-order valence-corrected chi connectivity index (χ0v) is 104. The monoisotopic (exact) mass is 2110 g/mol. The quantitative estimate of drug-likeness (QED) is 0.0272. The van der Waals surface area contributed by atoms with Crippen molar-refractivity contribution in [2.75, 3.05) is 78.5 Å². The van der Waals surface area contributed by atoms with Gasteiger partial charge in [-0.15, -0.1) is 0 Å². The van der Waals surface area contributed by atoms with Crippen molar-refractivity contribution in [3.63, 3.8) is 0 Å². The lowest BCUT2D eigenvalue weighted by Gasteiger charge is -2.46. The number of halogens is 3. The molecule has 147 heavy (non-hydrogen) atoms. The van der Waals surface area contributed by atoms with Crippen molar-refractivity contribution in [2.24, 2.45) is 43.8 Å². The van der Waals surface area contributed by atoms with Gasteiger partial charge in [0, 0.05) is 95.2 Å². The number of unbranched alkanes of at least 4 members (excludes halogenated alkanes) is 7. The van der Waals surface area contributed by atoms with Gasteiger partial charge in [-0.1, -0.05) is 254 Å². The van der Waals surface area contributed by atoms with Gasteiger partial charge in [-0.25, -0.2) is 13.2 Å². The lowest BCUT2D eigenvalue weighted by atomic mass is 9.88. The molecule has 0 spiro atoms. The van der Waals surface area contributed by atoms with Crippen molar-refractivity contribution in [2.45, 2.75) is 596 Å². The van der Waals surface area contributed by atoms with Gasteiger partial charge in [-0.2, -0.15) is 0 Å². The van der Waals surface area contributed by atoms with Crippen molar-refractivity contribution >= 4 is 46.8 Å². The summed E-state index contributed by atoms with van der Waals surface area (Å²) in [5, 5.41) is 45.4. The van der Waals surface area contributed by atoms with Gasteiger partial charge in [0.15, 0.2) is 0 Å². The molecule has 6 aliphatic heterocycles. The molecule has 6 amide bonds. The number of nitrogens with zero attached hydrogens (tertiary/aromatic N) is 6. The number of hydrogen-bond donors (Lipinski definition) is 10. The number of β-amino-alcohol motifs (C(OH)–C–C–N with tert-alkyl or cyclic N) is 2. The first-order valence-corrected chi connectivity index (χ1v) is 58.3. The highest BCUT2D eigenvalue weighted by Crippen LogP contribution is 2.35. The molecule has 7 rings (SSSR count). The predicted octanol–water partition coefficient (Wildman–Crippen LogP) is 24.7. The van der Waals surface area contributed by atoms with Gasteiger partial charge >= 0.3 is 4.87 Å². The molecule has 1 aromatic heterocycles. The van der Waals surface area contributed by atoms with E-state index in [0.717, 1.165) is 147 Å². The predicted molar refractivity (Wildman–Crippen MR) is 616 cm³/mol. The molecule has 6 aliphatic rings. The zero-order chi connectivity index (χ0) is 114. The number of aliphatic hydroxyl groups excluding tert-OH is 1. The summed E-state index contributed by atoms with van der Waals surface area (Å²) in [6.45, 7) is 101. The largest absolute Gasteiger partial charge is 0.389 e. The average molecular weight is 2110 g/mol. The van der Waals surface area contributed by atoms with Crippen LogP contribution in [0.4, 0.5) is 13.2 Å². The molecular formula is C120H235F3N14O9S. The van der Waals surface area contributed by atoms with E-state index in [1.807, 2.05) is 36.0 Å². The fraction of sp³-hybridized carbons (Fsp3) is 0.925. The minimum atomic E-state index is -2.70. The summed E-state index contributed by atoms with van der Waals surface area (Å²) in [6.07, 6.45) is 30.3. The fourth-order valence-electron chi connectivity index (χ4n) is 18.6. The Kier molecular flexibility index (Phi) is 58.2. The molecule has 866 valence electrons. The summed E-state index contributed by atoms with van der Waals surface area (Å²) < 4.78 is 38.9. The number of hydrogen-bond acceptors (Lipinski definition) is 17. The number of rotatable bonds is 42. The number of nitrogens with one attached hydrogen (secondary N) is 8. The maximum Gasteiger partial charge on any atom is 0.304 e. The van der Waals surface area contributed by atoms with E-state index in [-0.39, 0.29) is 134 Å². The number of likely N-dealkylation sites (tertiary alicyclic amines) is 6. The number of aliphatic hydroxyl groups is 2. The maximum absolute atomic E-state index is 13.0. The van der Waals surface area contributed by atoms with Crippen molar-refractivity contribution in [3.8, 4) is 0 Å². The summed E-state index contributed by atoms with van der Waals surface area (Å²) >= 11 is 1.25. The highest BCUT2D eigenvalue weighted by atomic mass is 32.1. The van der Waals surface area contributed by atoms with Crippen molar-refractivity contribution in [1.82, 2.24) is 71.6 Å². The van der Waals surface area contributed by atoms with Gasteiger partial charge in [0.05, 0.1) is 87.2 Å². The van der Waals surface area contributed by atoms with Crippen molar-refractivity contribution < 1.29 is 52.2 Å². The Bertz CT molecular complexity index is 3690. The van der Waals surface area contributed by atoms with Crippen LogP contribution in [0.15, 0.2) is 10.2 Å². The number of H-pyrrole nitrogens is 1. The highest BCUT2D eigenvalue weighted by molar-refractivity contribution is 7.07. The normalized spacial score (nSPS) is 18.2. The Morgan fingerprint density at radius 1 is 0.340 bits per heavy atom. The summed E-state index contributed by atoms with van der Waals surface area (Å²) in [5.74, 6) is -1.26. The van der Waals surface area contributed by atoms with Gasteiger partial charge in [0.25, 0.3) is 5.92 Å². The van der Waals surface area contributed by atoms with Crippen LogP contribution >= 0.6 is 11.3 Å². The molecule has 6 saturated heterocycles. The highest BCUT2D eigenvalue weighted by Gasteiger charge is 2.49. The van der Waals surface area contributed by atoms with Crippen LogP contribution in [0, 0.1) is 43.8 Å². The fourth-order valence-corrected chi connectivity index (χ4v) is 19.2. The van der Waals surface area contributed by atoms with Crippen LogP contribution in [0.2, 0.25) is 0 Å². The number of aromatic nitrogens is 1. The molecule has 0 aromatic carbocycles. The summed E-state index contributed by atoms with van der Waals surface area (Å²) in [6, 6.07) is -0.594. The first-order chi connectivity index (χ1) is 66.2. The summed E-state index contributed by atoms with van der Waals surface area (Å²) in [5.41, 5.74) is 2.43. The van der Waals surface area contributed by atoms with E-state index in [0.29, 0.717) is 82.8 Å². The number of aromatic amines is 1. The molecule has 7 unspecified atom stereocenters. The Morgan fingerprint density at radius 3 is 0.741 bits per heavy atom. The van der Waals surface area contributed by atoms with Gasteiger partial charge in [0.1, 0.15) is 6.17 Å². The summed E-state index contributed by atoms with van der Waals surface area (Å²) in [4.78, 5) is 99.8. The molecule has 7 heterocycles. The van der Waals surface area contributed by atoms with E-state index in [2.05, 4.69) is 319 Å². The first-order valence-electron chi connectivity index (χ1n) is 57.4. The van der Waals surface area contributed by atoms with Crippen LogP contribution in [-0.4, -0.2) is 257 Å². The molecule has 0 radical (unpaired) electrons. The number of carbonyl (C=O) groups excluding carboxylic acids is 6. The van der Waals surface area contributed by atoms with Crippen molar-refractivity contribution in [3.05, 3.63) is 20.7 Å². The van der Waals surface area contributed by atoms with E-state index in [1.54, 1.807) is 21.6 Å². The average Bonchev–Trinajstić information content (AvgIpc) is 0.905. The summed E-state index contributed by atoms with van der Waals surface area (Å²) in [7, 11) is 0. The van der Waals surface area contributed by atoms with Crippen molar-refractivity contribution in [1.29, 1.82) is 0 Å². The van der Waals surface area contributed by atoms with E-state index in [4.69, 9.17) is 0 Å². The second-order valence-corrected chi connectivity index (χ2v) is 61.7. The number of amides is 6. The Hall–Kier alpha value is -4.32. The molecule has 0 saturated carbocycles. The van der Waals surface area contributed by atoms with Crippen LogP contribution in [0.3, 0.4) is 0 Å². The van der Waals surface area contributed by atoms with E-state index in [1.165, 1.54) is 80.4 Å². The SMILES string of the molecule is CC(C)(C)CCCCC(NC(C)(C)C)C(=O)N1CC(C)(O)C1.CC(C)(C)CCCCC(NC(C)(C)C)C(=O)N1CC(F)(F)C1.CC(C)(C)CCCCC(NC(C)(C)C)C(=O)N1CC(F)C1.CC(C)(C)CCCCC(NC(C)(C)C)C(=O)N1CC(O)C1.CC(C)(C)CCCCC(NC(C)(C)C)C(=O)N1CCC1.CC(C)(C)CCCCC(NC(C)(C)C)c1csc(=O)[nH]1.CC1CN(C(=O)C(CCCCC(C)(C)C)NC(C)(C)C)C1. The van der Waals surface area contributed by atoms with Crippen LogP contribution < -0.4 is 42.1 Å². The Morgan fingerprint density at radius 2 is 0.558 bits per heavy atom. The van der Waals surface area contributed by atoms with Gasteiger partial charge < -0.3 is 81.8 Å². The van der Waals surface area contributed by atoms with Gasteiger partial charge in [-0.3, -0.25) is 33.6 Å². The molecule has 10 N–H and O–H groups in total. The smallest absolute Gasteiger partial charge is 0.304 e. The van der Waals surface area contributed by atoms with Crippen LogP contribution in [0.1, 0.15) is 503 Å². The molecule has 23 nitrogen and oxygen atoms in total. The zero-order valence-electron chi connectivity index (χ0n) is 103. The molecule has 1 aromatic rings. The van der Waals surface area contributed by atoms with Crippen LogP contribution in [0.5, 0.6) is 0 Å². The Labute approximate surface area is 904 Å². The molecular weight excluding hydrogens is 1870 g/mol. The first kappa shape index (κ1) is 141. The van der Waals surface area contributed by atoms with Gasteiger partial charge in [0.2, 0.25) is 35.4 Å². The Balaban J connectivity index is 0.000000858. The van der Waals surface area contributed by atoms with E-state index < -0.39 is 30.8 Å². The minimum Gasteiger partial charge on any atom is -0.389 e. The van der Waals surface area contributed by atoms with Crippen LogP contribution in [-0.2, 0) is 28.8 Å². The lowest BCUT2D eigenvalue weighted by molar-refractivity contribution is -0.168. The lowest BCUT2D eigenvalue weighted by Crippen LogP contribution is -2.65. The standard InChI is InChI=1S/C18H36N2O2.C18H36N2O.C17H32F2N2O.C17H33FN2O.C17H34N2O2.C17H34N2O.C16H30N2OS/c1-16(2,3)11-9-8-10-14(19-17(4,5)6)15(21)20-12-18(7,22)13-20;1-14-12-20(13-14)16(21)15(19-18(5,6)7)10-8-9-11-17(2,3)4;1-15(2,3)10-8-7-9-13(20-16(4,5)6)14(22)21-11-17(18,19)12-21;1-16(2,3)10-8-7-9-14(19-17(4,5)6)15(21)20-11-13(18)12-20;1-16(2,3)10-8-7-9-14(18-17(4,5)6)15(21)19-11-13(20)12-19;1-16(2,3)11-8-7-10-14(18-17(4,5)6)15(20)19-12-9-13-19;1-15(2,3)10-8-7-9-12(18-16(4,5)6)13-11-20-14(19)17-13/h14,19,22H,8-13H2,1-7H3;14-15,19H,8-13H2,1-7H3;13,20H,7-12H2,1-6H3;13-14,19H,7-12H2,1-6H3;13-14,18,20H,7-12H2,1-6H3;14,18H,7-13H2,1-6H3;11-12,18H,7-10H2,1-6H3,(H,17,19). The molecule has 0 bridgehead atoms.